The Morgan fingerprint density at radius 2 is 1.80 bits per heavy atom. The van der Waals surface area contributed by atoms with Crippen LogP contribution < -0.4 is 15.8 Å². The highest BCUT2D eigenvalue weighted by Crippen LogP contribution is 2.24. The number of nitrogens with one attached hydrogen (secondary N) is 1. The molecule has 0 radical (unpaired) electrons. The third kappa shape index (κ3) is 6.45. The number of carbonyl (C=O) groups is 3. The van der Waals surface area contributed by atoms with Gasteiger partial charge in [0.1, 0.15) is 5.75 Å². The van der Waals surface area contributed by atoms with E-state index in [2.05, 4.69) is 13.8 Å². The minimum absolute atomic E-state index is 0.325. The molecule has 138 valence electrons. The highest BCUT2D eigenvalue weighted by Gasteiger charge is 2.27. The highest BCUT2D eigenvalue weighted by atomic mass is 16.6. The van der Waals surface area contributed by atoms with Crippen molar-refractivity contribution in [3.05, 3.63) is 29.3 Å². The van der Waals surface area contributed by atoms with Gasteiger partial charge in [0.15, 0.2) is 12.7 Å². The fourth-order valence-corrected chi connectivity index (χ4v) is 2.13. The first kappa shape index (κ1) is 20.5. The van der Waals surface area contributed by atoms with Crippen LogP contribution in [0, 0.1) is 12.8 Å². The molecule has 0 spiro atoms. The van der Waals surface area contributed by atoms with Crippen LogP contribution in [0.25, 0.3) is 0 Å². The highest BCUT2D eigenvalue weighted by molar-refractivity contribution is 5.96. The smallest absolute Gasteiger partial charge is 0.344 e. The van der Waals surface area contributed by atoms with Crippen molar-refractivity contribution >= 4 is 17.9 Å². The first-order valence-electron chi connectivity index (χ1n) is 8.15. The van der Waals surface area contributed by atoms with E-state index in [4.69, 9.17) is 15.2 Å². The van der Waals surface area contributed by atoms with Gasteiger partial charge in [-0.3, -0.25) is 10.1 Å². The van der Waals surface area contributed by atoms with Crippen molar-refractivity contribution in [1.29, 1.82) is 0 Å². The van der Waals surface area contributed by atoms with Gasteiger partial charge in [0, 0.05) is 0 Å². The van der Waals surface area contributed by atoms with Gasteiger partial charge in [-0.15, -0.1) is 0 Å². The molecule has 1 aromatic rings. The summed E-state index contributed by atoms with van der Waals surface area (Å²) in [4.78, 5) is 34.6. The standard InChI is InChI=1S/C18H26N2O5/c1-10(2)13-7-6-12(5)14(8-13)24-9-15(21)25-16(11(3)4)17(22)20-18(19)23/h6-8,10-11,16H,9H2,1-5H3,(H3,19,20,22,23)/t16-/m0/s1. The molecular formula is C18H26N2O5. The minimum atomic E-state index is -1.12. The van der Waals surface area contributed by atoms with E-state index in [1.807, 2.05) is 30.4 Å². The molecule has 0 saturated heterocycles. The SMILES string of the molecule is Cc1ccc(C(C)C)cc1OCC(=O)O[C@H](C(=O)NC(N)=O)C(C)C. The van der Waals surface area contributed by atoms with Gasteiger partial charge < -0.3 is 15.2 Å². The number of hydrogen-bond donors (Lipinski definition) is 2. The largest absolute Gasteiger partial charge is 0.482 e. The van der Waals surface area contributed by atoms with Crippen molar-refractivity contribution < 1.29 is 23.9 Å². The number of amides is 3. The van der Waals surface area contributed by atoms with Gasteiger partial charge in [-0.2, -0.15) is 0 Å². The van der Waals surface area contributed by atoms with Crippen molar-refractivity contribution in [3.8, 4) is 5.75 Å². The normalized spacial score (nSPS) is 12.0. The average Bonchev–Trinajstić information content (AvgIpc) is 2.50. The first-order valence-corrected chi connectivity index (χ1v) is 8.15. The molecule has 0 aliphatic heterocycles. The summed E-state index contributed by atoms with van der Waals surface area (Å²) in [5.41, 5.74) is 6.90. The number of urea groups is 1. The van der Waals surface area contributed by atoms with Gasteiger partial charge >= 0.3 is 12.0 Å². The lowest BCUT2D eigenvalue weighted by Crippen LogP contribution is -2.46. The Balaban J connectivity index is 2.71. The summed E-state index contributed by atoms with van der Waals surface area (Å²) in [5, 5.41) is 1.91. The number of benzene rings is 1. The number of ether oxygens (including phenoxy) is 2. The fraction of sp³-hybridized carbons (Fsp3) is 0.500. The first-order chi connectivity index (χ1) is 11.6. The van der Waals surface area contributed by atoms with Gasteiger partial charge in [-0.1, -0.05) is 39.8 Å². The van der Waals surface area contributed by atoms with E-state index in [1.54, 1.807) is 13.8 Å². The van der Waals surface area contributed by atoms with Gasteiger partial charge in [0.25, 0.3) is 5.91 Å². The molecule has 0 heterocycles. The summed E-state index contributed by atoms with van der Waals surface area (Å²) in [6.45, 7) is 9.04. The number of hydrogen-bond acceptors (Lipinski definition) is 5. The van der Waals surface area contributed by atoms with Gasteiger partial charge in [-0.05, 0) is 36.0 Å². The van der Waals surface area contributed by atoms with Gasteiger partial charge in [-0.25, -0.2) is 9.59 Å². The van der Waals surface area contributed by atoms with E-state index < -0.39 is 24.0 Å². The maximum Gasteiger partial charge on any atom is 0.344 e. The Kier molecular flexibility index (Phi) is 7.42. The molecule has 0 fully saturated rings. The van der Waals surface area contributed by atoms with Crippen LogP contribution in [0.15, 0.2) is 18.2 Å². The molecule has 0 bridgehead atoms. The lowest BCUT2D eigenvalue weighted by atomic mass is 10.0. The van der Waals surface area contributed by atoms with Crippen molar-refractivity contribution in [3.63, 3.8) is 0 Å². The molecule has 1 rings (SSSR count). The third-order valence-electron chi connectivity index (χ3n) is 3.59. The maximum atomic E-state index is 12.0. The maximum absolute atomic E-state index is 12.0. The van der Waals surface area contributed by atoms with Crippen molar-refractivity contribution in [1.82, 2.24) is 5.32 Å². The number of carbonyl (C=O) groups excluding carboxylic acids is 3. The molecule has 25 heavy (non-hydrogen) atoms. The zero-order valence-electron chi connectivity index (χ0n) is 15.3. The number of rotatable bonds is 7. The number of esters is 1. The second-order valence-electron chi connectivity index (χ2n) is 6.48. The topological polar surface area (TPSA) is 108 Å². The Morgan fingerprint density at radius 3 is 2.32 bits per heavy atom. The van der Waals surface area contributed by atoms with Crippen LogP contribution in [0.2, 0.25) is 0 Å². The predicted octanol–water partition coefficient (Wildman–Crippen LogP) is 2.26. The lowest BCUT2D eigenvalue weighted by molar-refractivity contribution is -0.160. The van der Waals surface area contributed by atoms with Crippen LogP contribution in [0.4, 0.5) is 4.79 Å². The molecule has 7 heteroatoms. The Bertz CT molecular complexity index is 640. The van der Waals surface area contributed by atoms with Crippen LogP contribution >= 0.6 is 0 Å². The molecule has 0 aliphatic carbocycles. The number of primary amides is 1. The molecule has 3 amide bonds. The Morgan fingerprint density at radius 1 is 1.16 bits per heavy atom. The summed E-state index contributed by atoms with van der Waals surface area (Å²) in [7, 11) is 0. The number of aryl methyl sites for hydroxylation is 1. The van der Waals surface area contributed by atoms with E-state index in [0.717, 1.165) is 11.1 Å². The zero-order valence-corrected chi connectivity index (χ0v) is 15.3. The van der Waals surface area contributed by atoms with E-state index in [-0.39, 0.29) is 12.5 Å². The van der Waals surface area contributed by atoms with Crippen LogP contribution in [0.1, 0.15) is 44.7 Å². The molecule has 3 N–H and O–H groups in total. The van der Waals surface area contributed by atoms with Crippen molar-refractivity contribution in [2.75, 3.05) is 6.61 Å². The quantitative estimate of drug-likeness (QED) is 0.733. The predicted molar refractivity (Wildman–Crippen MR) is 93.2 cm³/mol. The van der Waals surface area contributed by atoms with Crippen molar-refractivity contribution in [2.24, 2.45) is 11.7 Å². The molecule has 0 unspecified atom stereocenters. The summed E-state index contributed by atoms with van der Waals surface area (Å²) < 4.78 is 10.7. The number of imide groups is 1. The molecule has 0 aromatic heterocycles. The van der Waals surface area contributed by atoms with Gasteiger partial charge in [0.2, 0.25) is 0 Å². The van der Waals surface area contributed by atoms with E-state index in [9.17, 15) is 14.4 Å². The molecule has 1 aromatic carbocycles. The van der Waals surface area contributed by atoms with Crippen LogP contribution in [-0.2, 0) is 14.3 Å². The monoisotopic (exact) mass is 350 g/mol. The average molecular weight is 350 g/mol. The van der Waals surface area contributed by atoms with E-state index >= 15 is 0 Å². The Hall–Kier alpha value is -2.57. The second kappa shape index (κ2) is 9.05. The summed E-state index contributed by atoms with van der Waals surface area (Å²) in [6, 6.07) is 4.82. The summed E-state index contributed by atoms with van der Waals surface area (Å²) >= 11 is 0. The Labute approximate surface area is 147 Å². The molecule has 0 aliphatic rings. The molecule has 1 atom stereocenters. The van der Waals surface area contributed by atoms with Crippen LogP contribution in [0.3, 0.4) is 0 Å². The second-order valence-corrected chi connectivity index (χ2v) is 6.48. The number of nitrogens with two attached hydrogens (primary N) is 1. The third-order valence-corrected chi connectivity index (χ3v) is 3.59. The lowest BCUT2D eigenvalue weighted by Gasteiger charge is -2.20. The zero-order chi connectivity index (χ0) is 19.1. The summed E-state index contributed by atoms with van der Waals surface area (Å²) in [6.07, 6.45) is -1.12. The van der Waals surface area contributed by atoms with Crippen molar-refractivity contribution in [2.45, 2.75) is 46.6 Å². The molecular weight excluding hydrogens is 324 g/mol. The van der Waals surface area contributed by atoms with Crippen LogP contribution in [0.5, 0.6) is 5.75 Å². The molecule has 0 saturated carbocycles. The summed E-state index contributed by atoms with van der Waals surface area (Å²) in [5.74, 6) is -0.862. The molecule has 7 nitrogen and oxygen atoms in total. The van der Waals surface area contributed by atoms with Gasteiger partial charge in [0.05, 0.1) is 0 Å². The van der Waals surface area contributed by atoms with E-state index in [1.165, 1.54) is 0 Å². The van der Waals surface area contributed by atoms with Crippen LogP contribution in [-0.4, -0.2) is 30.6 Å². The van der Waals surface area contributed by atoms with E-state index in [0.29, 0.717) is 11.7 Å². The fourth-order valence-electron chi connectivity index (χ4n) is 2.13. The minimum Gasteiger partial charge on any atom is -0.482 e.